The number of phenolic OH excluding ortho intramolecular Hbond substituents is 1. The van der Waals surface area contributed by atoms with E-state index in [9.17, 15) is 5.11 Å². The van der Waals surface area contributed by atoms with Crippen LogP contribution >= 0.6 is 0 Å². The Kier molecular flexibility index (Phi) is 3.22. The van der Waals surface area contributed by atoms with Crippen LogP contribution in [0.5, 0.6) is 5.75 Å². The quantitative estimate of drug-likeness (QED) is 0.815. The largest absolute Gasteiger partial charge is 0.508 e. The lowest BCUT2D eigenvalue weighted by Gasteiger charge is -2.00. The maximum absolute atomic E-state index is 9.18. The van der Waals surface area contributed by atoms with Crippen molar-refractivity contribution in [3.05, 3.63) is 42.2 Å². The molecule has 84 valence electrons. The molecule has 1 heterocycles. The van der Waals surface area contributed by atoms with E-state index >= 15 is 0 Å². The molecule has 3 N–H and O–H groups in total. The molecule has 0 aliphatic carbocycles. The summed E-state index contributed by atoms with van der Waals surface area (Å²) < 4.78 is 1.80. The lowest BCUT2D eigenvalue weighted by atomic mass is 10.2. The summed E-state index contributed by atoms with van der Waals surface area (Å²) in [5.74, 6) is 0.263. The molecule has 0 spiro atoms. The van der Waals surface area contributed by atoms with Crippen LogP contribution in [0.2, 0.25) is 0 Å². The van der Waals surface area contributed by atoms with Gasteiger partial charge >= 0.3 is 0 Å². The summed E-state index contributed by atoms with van der Waals surface area (Å²) >= 11 is 0. The Bertz CT molecular complexity index is 448. The van der Waals surface area contributed by atoms with Crippen molar-refractivity contribution in [3.8, 4) is 11.4 Å². The van der Waals surface area contributed by atoms with E-state index in [4.69, 9.17) is 5.73 Å². The van der Waals surface area contributed by atoms with Crippen molar-refractivity contribution in [1.82, 2.24) is 9.78 Å². The first-order valence-electron chi connectivity index (χ1n) is 5.32. The highest BCUT2D eigenvalue weighted by Gasteiger charge is 2.00. The van der Waals surface area contributed by atoms with Gasteiger partial charge in [-0.2, -0.15) is 5.10 Å². The minimum atomic E-state index is 0.263. The van der Waals surface area contributed by atoms with Crippen molar-refractivity contribution in [1.29, 1.82) is 0 Å². The SMILES string of the molecule is NCCCc1cnn(-c2ccc(O)cc2)c1. The van der Waals surface area contributed by atoms with Crippen molar-refractivity contribution in [2.24, 2.45) is 5.73 Å². The zero-order valence-electron chi connectivity index (χ0n) is 9.00. The second kappa shape index (κ2) is 4.81. The monoisotopic (exact) mass is 217 g/mol. The standard InChI is InChI=1S/C12H15N3O/c13-7-1-2-10-8-14-15(9-10)11-3-5-12(16)6-4-11/h3-6,8-9,16H,1-2,7,13H2. The number of rotatable bonds is 4. The Hall–Kier alpha value is -1.81. The third-order valence-corrected chi connectivity index (χ3v) is 2.42. The molecule has 0 atom stereocenters. The number of phenols is 1. The number of aryl methyl sites for hydroxylation is 1. The van der Waals surface area contributed by atoms with Crippen molar-refractivity contribution < 1.29 is 5.11 Å². The van der Waals surface area contributed by atoms with Gasteiger partial charge in [0.2, 0.25) is 0 Å². The molecule has 1 aromatic heterocycles. The van der Waals surface area contributed by atoms with Crippen molar-refractivity contribution >= 4 is 0 Å². The highest BCUT2D eigenvalue weighted by molar-refractivity contribution is 5.36. The van der Waals surface area contributed by atoms with Crippen LogP contribution in [0.1, 0.15) is 12.0 Å². The van der Waals surface area contributed by atoms with Crippen LogP contribution in [0.4, 0.5) is 0 Å². The molecule has 0 aliphatic rings. The molecule has 4 nitrogen and oxygen atoms in total. The number of hydrogen-bond acceptors (Lipinski definition) is 3. The number of nitrogens with two attached hydrogens (primary N) is 1. The first-order valence-corrected chi connectivity index (χ1v) is 5.32. The van der Waals surface area contributed by atoms with E-state index in [1.807, 2.05) is 24.5 Å². The minimum Gasteiger partial charge on any atom is -0.508 e. The van der Waals surface area contributed by atoms with Crippen LogP contribution in [0.25, 0.3) is 5.69 Å². The van der Waals surface area contributed by atoms with E-state index in [-0.39, 0.29) is 5.75 Å². The molecule has 2 aromatic rings. The van der Waals surface area contributed by atoms with Gasteiger partial charge in [0.05, 0.1) is 11.9 Å². The lowest BCUT2D eigenvalue weighted by Crippen LogP contribution is -1.99. The van der Waals surface area contributed by atoms with Gasteiger partial charge in [-0.25, -0.2) is 4.68 Å². The Morgan fingerprint density at radius 3 is 2.69 bits per heavy atom. The Balaban J connectivity index is 2.15. The molecule has 0 saturated heterocycles. The van der Waals surface area contributed by atoms with Gasteiger partial charge in [-0.05, 0) is 49.2 Å². The smallest absolute Gasteiger partial charge is 0.115 e. The van der Waals surface area contributed by atoms with Gasteiger partial charge in [-0.15, -0.1) is 0 Å². The van der Waals surface area contributed by atoms with E-state index in [2.05, 4.69) is 5.10 Å². The number of aromatic nitrogens is 2. The minimum absolute atomic E-state index is 0.263. The summed E-state index contributed by atoms with van der Waals surface area (Å²) in [4.78, 5) is 0. The second-order valence-corrected chi connectivity index (χ2v) is 3.70. The molecule has 0 radical (unpaired) electrons. The maximum atomic E-state index is 9.18. The number of benzene rings is 1. The van der Waals surface area contributed by atoms with E-state index < -0.39 is 0 Å². The van der Waals surface area contributed by atoms with Crippen molar-refractivity contribution in [2.75, 3.05) is 6.54 Å². The fraction of sp³-hybridized carbons (Fsp3) is 0.250. The molecule has 16 heavy (non-hydrogen) atoms. The summed E-state index contributed by atoms with van der Waals surface area (Å²) in [5, 5.41) is 13.4. The van der Waals surface area contributed by atoms with Gasteiger partial charge < -0.3 is 10.8 Å². The van der Waals surface area contributed by atoms with Crippen LogP contribution in [0.3, 0.4) is 0 Å². The summed E-state index contributed by atoms with van der Waals surface area (Å²) in [5.41, 5.74) is 7.58. The molecule has 0 fully saturated rings. The predicted octanol–water partition coefficient (Wildman–Crippen LogP) is 1.47. The molecule has 4 heteroatoms. The average molecular weight is 217 g/mol. The third-order valence-electron chi connectivity index (χ3n) is 2.42. The summed E-state index contributed by atoms with van der Waals surface area (Å²) in [6.07, 6.45) is 5.76. The molecular weight excluding hydrogens is 202 g/mol. The summed E-state index contributed by atoms with van der Waals surface area (Å²) in [7, 11) is 0. The van der Waals surface area contributed by atoms with Gasteiger partial charge in [0.15, 0.2) is 0 Å². The van der Waals surface area contributed by atoms with E-state index in [1.54, 1.807) is 16.8 Å². The fourth-order valence-electron chi connectivity index (χ4n) is 1.54. The number of hydrogen-bond donors (Lipinski definition) is 2. The van der Waals surface area contributed by atoms with Gasteiger partial charge in [0.25, 0.3) is 0 Å². The molecule has 2 rings (SSSR count). The molecule has 0 bridgehead atoms. The molecule has 0 unspecified atom stereocenters. The molecular formula is C12H15N3O. The second-order valence-electron chi connectivity index (χ2n) is 3.70. The normalized spacial score (nSPS) is 10.6. The van der Waals surface area contributed by atoms with Crippen LogP contribution in [-0.4, -0.2) is 21.4 Å². The van der Waals surface area contributed by atoms with Crippen molar-refractivity contribution in [3.63, 3.8) is 0 Å². The zero-order valence-corrected chi connectivity index (χ0v) is 9.00. The van der Waals surface area contributed by atoms with Crippen molar-refractivity contribution in [2.45, 2.75) is 12.8 Å². The fourth-order valence-corrected chi connectivity index (χ4v) is 1.54. The van der Waals surface area contributed by atoms with E-state index in [0.717, 1.165) is 18.5 Å². The first-order chi connectivity index (χ1) is 7.79. The average Bonchev–Trinajstić information content (AvgIpc) is 2.76. The summed E-state index contributed by atoms with van der Waals surface area (Å²) in [6.45, 7) is 0.699. The van der Waals surface area contributed by atoms with E-state index in [0.29, 0.717) is 6.54 Å². The van der Waals surface area contributed by atoms with Crippen LogP contribution in [0, 0.1) is 0 Å². The van der Waals surface area contributed by atoms with Crippen LogP contribution in [0.15, 0.2) is 36.7 Å². The van der Waals surface area contributed by atoms with E-state index in [1.165, 1.54) is 5.56 Å². The Morgan fingerprint density at radius 2 is 2.00 bits per heavy atom. The molecule has 1 aromatic carbocycles. The van der Waals surface area contributed by atoms with Gasteiger partial charge in [0.1, 0.15) is 5.75 Å². The molecule has 0 amide bonds. The highest BCUT2D eigenvalue weighted by atomic mass is 16.3. The maximum Gasteiger partial charge on any atom is 0.115 e. The predicted molar refractivity (Wildman–Crippen MR) is 62.6 cm³/mol. The number of nitrogens with zero attached hydrogens (tertiary/aromatic N) is 2. The first kappa shape index (κ1) is 10.7. The van der Waals surface area contributed by atoms with Gasteiger partial charge in [-0.1, -0.05) is 0 Å². The topological polar surface area (TPSA) is 64.1 Å². The molecule has 0 aliphatic heterocycles. The Labute approximate surface area is 94.3 Å². The van der Waals surface area contributed by atoms with Crippen LogP contribution in [-0.2, 0) is 6.42 Å². The number of aromatic hydroxyl groups is 1. The van der Waals surface area contributed by atoms with Crippen LogP contribution < -0.4 is 5.73 Å². The van der Waals surface area contributed by atoms with Gasteiger partial charge in [0, 0.05) is 6.20 Å². The third kappa shape index (κ3) is 2.41. The summed E-state index contributed by atoms with van der Waals surface area (Å²) in [6, 6.07) is 6.96. The molecule has 0 saturated carbocycles. The zero-order chi connectivity index (χ0) is 11.4. The lowest BCUT2D eigenvalue weighted by molar-refractivity contribution is 0.475. The Morgan fingerprint density at radius 1 is 1.25 bits per heavy atom. The highest BCUT2D eigenvalue weighted by Crippen LogP contribution is 2.13. The van der Waals surface area contributed by atoms with Gasteiger partial charge in [-0.3, -0.25) is 0 Å².